The van der Waals surface area contributed by atoms with Gasteiger partial charge < -0.3 is 14.7 Å². The number of carbonyl (C=O) groups excluding carboxylic acids is 2. The molecule has 1 aliphatic heterocycles. The molecule has 0 atom stereocenters. The molecule has 0 aromatic carbocycles. The van der Waals surface area contributed by atoms with Crippen LogP contribution in [0.3, 0.4) is 0 Å². The predicted octanol–water partition coefficient (Wildman–Crippen LogP) is 1.73. The number of hydrogen-bond acceptors (Lipinski definition) is 6. The van der Waals surface area contributed by atoms with Gasteiger partial charge in [0.1, 0.15) is 5.76 Å². The number of hydrogen-bond donors (Lipinski definition) is 2. The lowest BCUT2D eigenvalue weighted by molar-refractivity contribution is -0.132. The van der Waals surface area contributed by atoms with Gasteiger partial charge >= 0.3 is 0 Å². The zero-order valence-corrected chi connectivity index (χ0v) is 18.3. The van der Waals surface area contributed by atoms with E-state index in [-0.39, 0.29) is 11.8 Å². The molecule has 164 valence electrons. The molecule has 3 aromatic rings. The van der Waals surface area contributed by atoms with Crippen LogP contribution in [0.1, 0.15) is 56.6 Å². The summed E-state index contributed by atoms with van der Waals surface area (Å²) < 4.78 is 6.99. The molecule has 0 radical (unpaired) electrons. The van der Waals surface area contributed by atoms with Crippen molar-refractivity contribution < 1.29 is 14.1 Å². The fourth-order valence-corrected chi connectivity index (χ4v) is 3.99. The summed E-state index contributed by atoms with van der Waals surface area (Å²) in [5.41, 5.74) is 5.70. The number of fused-ring (bicyclic) bond motifs is 1. The number of amides is 2. The normalized spacial score (nSPS) is 13.4. The third-order valence-corrected chi connectivity index (χ3v) is 5.75. The molecule has 0 spiro atoms. The molecule has 31 heavy (non-hydrogen) atoms. The summed E-state index contributed by atoms with van der Waals surface area (Å²) in [7, 11) is 0. The average Bonchev–Trinajstić information content (AvgIpc) is 3.41. The first-order chi connectivity index (χ1) is 14.8. The second kappa shape index (κ2) is 8.37. The molecule has 10 heteroatoms. The highest BCUT2D eigenvalue weighted by atomic mass is 16.5. The number of carbonyl (C=O) groups is 2. The second-order valence-corrected chi connectivity index (χ2v) is 7.98. The quantitative estimate of drug-likeness (QED) is 0.620. The van der Waals surface area contributed by atoms with E-state index in [1.165, 1.54) is 0 Å². The summed E-state index contributed by atoms with van der Waals surface area (Å²) in [6, 6.07) is 2.00. The van der Waals surface area contributed by atoms with E-state index in [4.69, 9.17) is 4.52 Å². The Bertz CT molecular complexity index is 1100. The van der Waals surface area contributed by atoms with Crippen molar-refractivity contribution in [1.82, 2.24) is 35.4 Å². The molecule has 0 aliphatic carbocycles. The van der Waals surface area contributed by atoms with E-state index in [2.05, 4.69) is 25.8 Å². The summed E-state index contributed by atoms with van der Waals surface area (Å²) in [6.07, 6.45) is 0.974. The molecule has 3 aromatic heterocycles. The minimum absolute atomic E-state index is 0.0669. The number of aromatic nitrogens is 5. The fraction of sp³-hybridized carbons (Fsp3) is 0.476. The van der Waals surface area contributed by atoms with Gasteiger partial charge in [-0.1, -0.05) is 5.16 Å². The van der Waals surface area contributed by atoms with E-state index in [9.17, 15) is 9.59 Å². The molecule has 0 saturated carbocycles. The van der Waals surface area contributed by atoms with Crippen LogP contribution in [0, 0.1) is 27.7 Å². The highest BCUT2D eigenvalue weighted by Crippen LogP contribution is 2.21. The topological polar surface area (TPSA) is 122 Å². The minimum atomic E-state index is -0.248. The van der Waals surface area contributed by atoms with Crippen LogP contribution in [-0.4, -0.2) is 48.4 Å². The first kappa shape index (κ1) is 20.8. The van der Waals surface area contributed by atoms with Gasteiger partial charge in [-0.15, -0.1) is 0 Å². The Morgan fingerprint density at radius 1 is 1.26 bits per heavy atom. The molecular formula is C21H27N7O3. The molecular weight excluding hydrogens is 398 g/mol. The van der Waals surface area contributed by atoms with Crippen LogP contribution in [0.25, 0.3) is 0 Å². The van der Waals surface area contributed by atoms with E-state index < -0.39 is 0 Å². The summed E-state index contributed by atoms with van der Waals surface area (Å²) in [5, 5.41) is 18.4. The minimum Gasteiger partial charge on any atom is -0.361 e. The van der Waals surface area contributed by atoms with Crippen LogP contribution in [0.15, 0.2) is 10.6 Å². The lowest BCUT2D eigenvalue weighted by atomic mass is 10.0. The zero-order valence-electron chi connectivity index (χ0n) is 18.3. The maximum absolute atomic E-state index is 12.7. The van der Waals surface area contributed by atoms with Gasteiger partial charge in [-0.25, -0.2) is 0 Å². The van der Waals surface area contributed by atoms with Gasteiger partial charge in [0, 0.05) is 42.9 Å². The highest BCUT2D eigenvalue weighted by molar-refractivity contribution is 5.94. The number of rotatable bonds is 6. The van der Waals surface area contributed by atoms with Gasteiger partial charge in [-0.05, 0) is 40.2 Å². The maximum Gasteiger partial charge on any atom is 0.272 e. The lowest BCUT2D eigenvalue weighted by Crippen LogP contribution is -2.37. The Hall–Kier alpha value is -3.43. The van der Waals surface area contributed by atoms with Crippen molar-refractivity contribution in [3.8, 4) is 0 Å². The maximum atomic E-state index is 12.7. The predicted molar refractivity (Wildman–Crippen MR) is 111 cm³/mol. The van der Waals surface area contributed by atoms with E-state index in [1.807, 2.05) is 38.4 Å². The van der Waals surface area contributed by atoms with Crippen molar-refractivity contribution in [1.29, 1.82) is 0 Å². The van der Waals surface area contributed by atoms with Gasteiger partial charge in [0.2, 0.25) is 5.91 Å². The van der Waals surface area contributed by atoms with Crippen molar-refractivity contribution in [2.75, 3.05) is 6.54 Å². The van der Waals surface area contributed by atoms with Crippen molar-refractivity contribution >= 4 is 11.8 Å². The van der Waals surface area contributed by atoms with Crippen LogP contribution in [0.5, 0.6) is 0 Å². The largest absolute Gasteiger partial charge is 0.361 e. The SMILES string of the molecule is Cc1cc(C)n(CCC(=O)N2CCc3c(C(=O)NCc4c(C)noc4C)n[nH]c3C2)n1. The van der Waals surface area contributed by atoms with E-state index in [0.29, 0.717) is 50.5 Å². The third kappa shape index (κ3) is 4.23. The lowest BCUT2D eigenvalue weighted by Gasteiger charge is -2.27. The smallest absolute Gasteiger partial charge is 0.272 e. The number of aromatic amines is 1. The molecule has 2 N–H and O–H groups in total. The Kier molecular flexibility index (Phi) is 5.62. The van der Waals surface area contributed by atoms with Crippen LogP contribution in [-0.2, 0) is 30.8 Å². The molecule has 4 heterocycles. The van der Waals surface area contributed by atoms with E-state index in [1.54, 1.807) is 4.90 Å². The number of aryl methyl sites for hydroxylation is 5. The Morgan fingerprint density at radius 2 is 2.06 bits per heavy atom. The van der Waals surface area contributed by atoms with E-state index >= 15 is 0 Å². The molecule has 1 aliphatic rings. The number of nitrogens with zero attached hydrogens (tertiary/aromatic N) is 5. The van der Waals surface area contributed by atoms with Gasteiger partial charge in [0.15, 0.2) is 5.69 Å². The Labute approximate surface area is 180 Å². The second-order valence-electron chi connectivity index (χ2n) is 7.98. The Balaban J connectivity index is 1.35. The van der Waals surface area contributed by atoms with Gasteiger partial charge in [0.05, 0.1) is 23.6 Å². The standard InChI is InChI=1S/C21H27N7O3/c1-12-9-13(2)28(25-12)8-6-19(29)27-7-5-16-18(11-27)23-24-20(16)21(30)22-10-17-14(3)26-31-15(17)4/h9H,5-8,10-11H2,1-4H3,(H,22,30)(H,23,24). The highest BCUT2D eigenvalue weighted by Gasteiger charge is 2.27. The van der Waals surface area contributed by atoms with Crippen LogP contribution in [0.4, 0.5) is 0 Å². The van der Waals surface area contributed by atoms with Gasteiger partial charge in [0.25, 0.3) is 5.91 Å². The van der Waals surface area contributed by atoms with Gasteiger partial charge in [-0.3, -0.25) is 19.4 Å². The molecule has 10 nitrogen and oxygen atoms in total. The summed E-state index contributed by atoms with van der Waals surface area (Å²) in [5.74, 6) is 0.510. The molecule has 0 fully saturated rings. The van der Waals surface area contributed by atoms with Gasteiger partial charge in [-0.2, -0.15) is 10.2 Å². The molecule has 0 saturated heterocycles. The summed E-state index contributed by atoms with van der Waals surface area (Å²) in [6.45, 7) is 9.46. The molecule has 4 rings (SSSR count). The molecule has 2 amide bonds. The van der Waals surface area contributed by atoms with Crippen LogP contribution < -0.4 is 5.32 Å². The fourth-order valence-electron chi connectivity index (χ4n) is 3.99. The number of nitrogens with one attached hydrogen (secondary N) is 2. The average molecular weight is 425 g/mol. The zero-order chi connectivity index (χ0) is 22.1. The number of H-pyrrole nitrogens is 1. The summed E-state index contributed by atoms with van der Waals surface area (Å²) >= 11 is 0. The van der Waals surface area contributed by atoms with Crippen molar-refractivity contribution in [3.05, 3.63) is 51.4 Å². The monoisotopic (exact) mass is 425 g/mol. The van der Waals surface area contributed by atoms with Crippen molar-refractivity contribution in [3.63, 3.8) is 0 Å². The van der Waals surface area contributed by atoms with Crippen LogP contribution >= 0.6 is 0 Å². The third-order valence-electron chi connectivity index (χ3n) is 5.75. The summed E-state index contributed by atoms with van der Waals surface area (Å²) in [4.78, 5) is 27.2. The molecule has 0 bridgehead atoms. The Morgan fingerprint density at radius 3 is 2.74 bits per heavy atom. The van der Waals surface area contributed by atoms with E-state index in [0.717, 1.165) is 33.9 Å². The first-order valence-electron chi connectivity index (χ1n) is 10.4. The van der Waals surface area contributed by atoms with Crippen molar-refractivity contribution in [2.45, 2.75) is 60.2 Å². The van der Waals surface area contributed by atoms with Crippen molar-refractivity contribution in [2.24, 2.45) is 0 Å². The molecule has 0 unspecified atom stereocenters. The van der Waals surface area contributed by atoms with Crippen LogP contribution in [0.2, 0.25) is 0 Å². The first-order valence-corrected chi connectivity index (χ1v) is 10.4.